The van der Waals surface area contributed by atoms with Crippen molar-refractivity contribution in [2.75, 3.05) is 23.8 Å². The fourth-order valence-electron chi connectivity index (χ4n) is 2.79. The van der Waals surface area contributed by atoms with Gasteiger partial charge in [0, 0.05) is 22.4 Å². The number of rotatable bonds is 9. The van der Waals surface area contributed by atoms with Gasteiger partial charge in [-0.2, -0.15) is 0 Å². The molecule has 0 fully saturated rings. The number of hydrogen-bond donors (Lipinski definition) is 2. The average molecular weight is 569 g/mol. The largest absolute Gasteiger partial charge is 0.490 e. The fourth-order valence-corrected chi connectivity index (χ4v) is 3.82. The smallest absolute Gasteiger partial charge is 0.262 e. The number of ether oxygens (including phenoxy) is 2. The molecule has 1 amide bonds. The van der Waals surface area contributed by atoms with Crippen molar-refractivity contribution >= 4 is 60.7 Å². The van der Waals surface area contributed by atoms with E-state index >= 15 is 0 Å². The molecular weight excluding hydrogens is 548 g/mol. The van der Waals surface area contributed by atoms with Gasteiger partial charge in [0.25, 0.3) is 5.91 Å². The molecule has 8 heteroatoms. The predicted molar refractivity (Wildman–Crippen MR) is 132 cm³/mol. The summed E-state index contributed by atoms with van der Waals surface area (Å²) in [6, 6.07) is 18.8. The fraction of sp³-hybridized carbons (Fsp3) is 0.174. The molecule has 0 saturated heterocycles. The summed E-state index contributed by atoms with van der Waals surface area (Å²) < 4.78 is 13.1. The number of anilines is 2. The van der Waals surface area contributed by atoms with E-state index in [2.05, 4.69) is 42.5 Å². The number of hydrogen-bond acceptors (Lipinski definition) is 4. The highest BCUT2D eigenvalue weighted by Gasteiger charge is 2.14. The van der Waals surface area contributed by atoms with Crippen molar-refractivity contribution in [3.05, 3.63) is 80.2 Å². The number of nitrogens with one attached hydrogen (secondary N) is 2. The minimum absolute atomic E-state index is 0.136. The summed E-state index contributed by atoms with van der Waals surface area (Å²) in [4.78, 5) is 12.2. The molecule has 0 spiro atoms. The number of amides is 1. The van der Waals surface area contributed by atoms with Gasteiger partial charge in [0.2, 0.25) is 0 Å². The van der Waals surface area contributed by atoms with Crippen LogP contribution in [0.25, 0.3) is 0 Å². The van der Waals surface area contributed by atoms with Crippen molar-refractivity contribution in [1.82, 2.24) is 0 Å². The van der Waals surface area contributed by atoms with E-state index < -0.39 is 0 Å². The molecule has 5 nitrogen and oxygen atoms in total. The van der Waals surface area contributed by atoms with Crippen LogP contribution in [-0.4, -0.2) is 19.1 Å². The molecule has 0 radical (unpaired) electrons. The SMILES string of the molecule is CCOc1cc(CNc2ccc(Br)c(Cl)c2)cc(Br)c1OCC(=O)Nc1ccccc1. The first-order valence-electron chi connectivity index (χ1n) is 9.58. The minimum Gasteiger partial charge on any atom is -0.490 e. The summed E-state index contributed by atoms with van der Waals surface area (Å²) in [6.45, 7) is 2.79. The average Bonchev–Trinajstić information content (AvgIpc) is 2.75. The lowest BCUT2D eigenvalue weighted by atomic mass is 10.2. The molecule has 0 saturated carbocycles. The number of halogens is 3. The van der Waals surface area contributed by atoms with Gasteiger partial charge in [-0.15, -0.1) is 0 Å². The molecule has 31 heavy (non-hydrogen) atoms. The molecule has 0 aliphatic rings. The highest BCUT2D eigenvalue weighted by molar-refractivity contribution is 9.10. The molecule has 0 aromatic heterocycles. The van der Waals surface area contributed by atoms with Gasteiger partial charge in [-0.25, -0.2) is 0 Å². The Hall–Kier alpha value is -2.22. The Morgan fingerprint density at radius 3 is 2.45 bits per heavy atom. The van der Waals surface area contributed by atoms with Crippen molar-refractivity contribution in [1.29, 1.82) is 0 Å². The quantitative estimate of drug-likeness (QED) is 0.295. The second-order valence-electron chi connectivity index (χ2n) is 6.52. The van der Waals surface area contributed by atoms with Gasteiger partial charge in [-0.3, -0.25) is 4.79 Å². The minimum atomic E-state index is -0.251. The molecule has 3 aromatic rings. The van der Waals surface area contributed by atoms with Crippen LogP contribution in [0.5, 0.6) is 11.5 Å². The molecule has 3 rings (SSSR count). The topological polar surface area (TPSA) is 59.6 Å². The molecule has 0 unspecified atom stereocenters. The standard InChI is InChI=1S/C23H21Br2ClN2O3/c1-2-30-21-11-15(13-27-17-8-9-18(24)20(26)12-17)10-19(25)23(21)31-14-22(29)28-16-6-4-3-5-7-16/h3-12,27H,2,13-14H2,1H3,(H,28,29). The van der Waals surface area contributed by atoms with Crippen molar-refractivity contribution in [2.24, 2.45) is 0 Å². The van der Waals surface area contributed by atoms with E-state index in [1.54, 1.807) is 0 Å². The zero-order valence-corrected chi connectivity index (χ0v) is 20.7. The van der Waals surface area contributed by atoms with Crippen molar-refractivity contribution < 1.29 is 14.3 Å². The predicted octanol–water partition coefficient (Wildman–Crippen LogP) is 6.89. The Kier molecular flexibility index (Phi) is 8.63. The summed E-state index contributed by atoms with van der Waals surface area (Å²) >= 11 is 13.1. The van der Waals surface area contributed by atoms with Crippen LogP contribution in [0.2, 0.25) is 5.02 Å². The number of carbonyl (C=O) groups excluding carboxylic acids is 1. The second kappa shape index (κ2) is 11.4. The van der Waals surface area contributed by atoms with Crippen molar-refractivity contribution in [2.45, 2.75) is 13.5 Å². The first kappa shape index (κ1) is 23.4. The third-order valence-corrected chi connectivity index (χ3v) is 6.01. The van der Waals surface area contributed by atoms with Crippen LogP contribution in [0.1, 0.15) is 12.5 Å². The highest BCUT2D eigenvalue weighted by Crippen LogP contribution is 2.37. The summed E-state index contributed by atoms with van der Waals surface area (Å²) in [7, 11) is 0. The molecular formula is C23H21Br2ClN2O3. The number of carbonyl (C=O) groups is 1. The molecule has 0 bridgehead atoms. The molecule has 0 aliphatic heterocycles. The van der Waals surface area contributed by atoms with E-state index in [1.807, 2.05) is 67.6 Å². The van der Waals surface area contributed by atoms with Crippen molar-refractivity contribution in [3.8, 4) is 11.5 Å². The molecule has 0 heterocycles. The maximum atomic E-state index is 12.2. The monoisotopic (exact) mass is 566 g/mol. The lowest BCUT2D eigenvalue weighted by Gasteiger charge is -2.16. The first-order chi connectivity index (χ1) is 15.0. The van der Waals surface area contributed by atoms with Gasteiger partial charge in [0.05, 0.1) is 16.1 Å². The highest BCUT2D eigenvalue weighted by atomic mass is 79.9. The van der Waals surface area contributed by atoms with E-state index in [-0.39, 0.29) is 12.5 Å². The Morgan fingerprint density at radius 1 is 0.968 bits per heavy atom. The van der Waals surface area contributed by atoms with Crippen LogP contribution in [-0.2, 0) is 11.3 Å². The first-order valence-corrected chi connectivity index (χ1v) is 11.5. The van der Waals surface area contributed by atoms with Gasteiger partial charge in [-0.1, -0.05) is 29.8 Å². The van der Waals surface area contributed by atoms with Crippen LogP contribution < -0.4 is 20.1 Å². The van der Waals surface area contributed by atoms with Gasteiger partial charge in [-0.05, 0) is 86.8 Å². The molecule has 162 valence electrons. The maximum absolute atomic E-state index is 12.2. The Balaban J connectivity index is 1.67. The molecule has 2 N–H and O–H groups in total. The van der Waals surface area contributed by atoms with Gasteiger partial charge in [0.15, 0.2) is 18.1 Å². The van der Waals surface area contributed by atoms with Crippen LogP contribution in [0.15, 0.2) is 69.6 Å². The van der Waals surface area contributed by atoms with E-state index in [0.717, 1.165) is 21.4 Å². The lowest BCUT2D eigenvalue weighted by molar-refractivity contribution is -0.118. The number of benzene rings is 3. The van der Waals surface area contributed by atoms with Gasteiger partial charge >= 0.3 is 0 Å². The number of para-hydroxylation sites is 1. The normalized spacial score (nSPS) is 10.5. The van der Waals surface area contributed by atoms with E-state index in [0.29, 0.717) is 34.1 Å². The third kappa shape index (κ3) is 6.89. The zero-order valence-electron chi connectivity index (χ0n) is 16.8. The van der Waals surface area contributed by atoms with Gasteiger partial charge < -0.3 is 20.1 Å². The Labute approximate surface area is 203 Å². The summed E-state index contributed by atoms with van der Waals surface area (Å²) in [5.41, 5.74) is 2.60. The Morgan fingerprint density at radius 2 is 1.74 bits per heavy atom. The van der Waals surface area contributed by atoms with Crippen LogP contribution in [0.4, 0.5) is 11.4 Å². The summed E-state index contributed by atoms with van der Waals surface area (Å²) in [6.07, 6.45) is 0. The molecule has 0 atom stereocenters. The van der Waals surface area contributed by atoms with Crippen molar-refractivity contribution in [3.63, 3.8) is 0 Å². The second-order valence-corrected chi connectivity index (χ2v) is 8.64. The van der Waals surface area contributed by atoms with E-state index in [1.165, 1.54) is 0 Å². The van der Waals surface area contributed by atoms with Crippen LogP contribution in [0, 0.1) is 0 Å². The van der Waals surface area contributed by atoms with E-state index in [4.69, 9.17) is 21.1 Å². The third-order valence-electron chi connectivity index (χ3n) is 4.19. The summed E-state index contributed by atoms with van der Waals surface area (Å²) in [5.74, 6) is 0.800. The van der Waals surface area contributed by atoms with Crippen LogP contribution in [0.3, 0.4) is 0 Å². The molecule has 0 aliphatic carbocycles. The maximum Gasteiger partial charge on any atom is 0.262 e. The zero-order chi connectivity index (χ0) is 22.2. The lowest BCUT2D eigenvalue weighted by Crippen LogP contribution is -2.20. The molecule has 3 aromatic carbocycles. The summed E-state index contributed by atoms with van der Waals surface area (Å²) in [5, 5.41) is 6.77. The van der Waals surface area contributed by atoms with Gasteiger partial charge in [0.1, 0.15) is 0 Å². The van der Waals surface area contributed by atoms with E-state index in [9.17, 15) is 4.79 Å². The Bertz CT molecular complexity index is 1050. The van der Waals surface area contributed by atoms with Crippen LogP contribution >= 0.6 is 43.5 Å².